The topological polar surface area (TPSA) is 66.8 Å². The molecule has 1 N–H and O–H groups in total. The van der Waals surface area contributed by atoms with Gasteiger partial charge in [0.2, 0.25) is 5.91 Å². The first kappa shape index (κ1) is 16.0. The fraction of sp³-hybridized carbons (Fsp3) is 0.368. The van der Waals surface area contributed by atoms with Crippen LogP contribution in [0.5, 0.6) is 0 Å². The van der Waals surface area contributed by atoms with Crippen molar-refractivity contribution in [2.45, 2.75) is 31.1 Å². The highest BCUT2D eigenvalue weighted by Crippen LogP contribution is 2.56. The van der Waals surface area contributed by atoms with Crippen LogP contribution >= 0.6 is 0 Å². The van der Waals surface area contributed by atoms with Crippen molar-refractivity contribution in [1.29, 1.82) is 0 Å². The standard InChI is InChI=1S/C19H18FNO4/c1-10(2)9-14-19-8-7-13(25-19)15(18(23)24)16(19)17(22)21(14)12-5-3-11(20)4-6-12/h3-8,13-16H,1,9H2,2H3,(H,23,24)/t13-,14+,15-,16+,19+/m0/s1. The molecule has 1 aromatic rings. The number of carbonyl (C=O) groups is 2. The van der Waals surface area contributed by atoms with Crippen molar-refractivity contribution >= 4 is 17.6 Å². The molecule has 6 heteroatoms. The van der Waals surface area contributed by atoms with Gasteiger partial charge in [-0.05, 0) is 37.6 Å². The van der Waals surface area contributed by atoms with Gasteiger partial charge in [0.25, 0.3) is 0 Å². The summed E-state index contributed by atoms with van der Waals surface area (Å²) < 4.78 is 19.3. The van der Waals surface area contributed by atoms with E-state index in [4.69, 9.17) is 4.74 Å². The Labute approximate surface area is 144 Å². The van der Waals surface area contributed by atoms with Crippen LogP contribution in [0.25, 0.3) is 0 Å². The number of benzene rings is 1. The first-order chi connectivity index (χ1) is 11.8. The number of hydrogen-bond acceptors (Lipinski definition) is 3. The summed E-state index contributed by atoms with van der Waals surface area (Å²) in [7, 11) is 0. The van der Waals surface area contributed by atoms with Crippen LogP contribution < -0.4 is 4.90 Å². The monoisotopic (exact) mass is 343 g/mol. The molecule has 1 spiro atoms. The lowest BCUT2D eigenvalue weighted by molar-refractivity contribution is -0.146. The molecule has 25 heavy (non-hydrogen) atoms. The summed E-state index contributed by atoms with van der Waals surface area (Å²) in [4.78, 5) is 26.5. The van der Waals surface area contributed by atoms with Gasteiger partial charge < -0.3 is 14.7 Å². The number of aliphatic carboxylic acids is 1. The Morgan fingerprint density at radius 2 is 2.08 bits per heavy atom. The van der Waals surface area contributed by atoms with E-state index < -0.39 is 41.4 Å². The van der Waals surface area contributed by atoms with Crippen LogP contribution in [-0.2, 0) is 14.3 Å². The number of carboxylic acid groups (broad SMARTS) is 1. The third-order valence-corrected chi connectivity index (χ3v) is 5.35. The Balaban J connectivity index is 1.84. The Morgan fingerprint density at radius 3 is 2.68 bits per heavy atom. The summed E-state index contributed by atoms with van der Waals surface area (Å²) in [6, 6.07) is 5.23. The number of amides is 1. The molecule has 0 aromatic heterocycles. The molecule has 3 aliphatic heterocycles. The van der Waals surface area contributed by atoms with Crippen molar-refractivity contribution in [3.05, 3.63) is 54.4 Å². The van der Waals surface area contributed by atoms with Crippen molar-refractivity contribution in [2.75, 3.05) is 4.90 Å². The summed E-state index contributed by atoms with van der Waals surface area (Å²) in [5.41, 5.74) is 0.420. The number of halogens is 1. The second-order valence-corrected chi connectivity index (χ2v) is 7.00. The van der Waals surface area contributed by atoms with E-state index in [1.54, 1.807) is 11.0 Å². The van der Waals surface area contributed by atoms with E-state index in [-0.39, 0.29) is 5.91 Å². The van der Waals surface area contributed by atoms with E-state index in [1.807, 2.05) is 13.0 Å². The minimum absolute atomic E-state index is 0.294. The van der Waals surface area contributed by atoms with Crippen LogP contribution in [0.1, 0.15) is 13.3 Å². The number of nitrogens with zero attached hydrogens (tertiary/aromatic N) is 1. The molecule has 3 aliphatic rings. The van der Waals surface area contributed by atoms with E-state index in [9.17, 15) is 19.1 Å². The largest absolute Gasteiger partial charge is 0.481 e. The second-order valence-electron chi connectivity index (χ2n) is 7.00. The van der Waals surface area contributed by atoms with Crippen LogP contribution in [0.4, 0.5) is 10.1 Å². The summed E-state index contributed by atoms with van der Waals surface area (Å²) in [5.74, 6) is -3.42. The number of hydrogen-bond donors (Lipinski definition) is 1. The molecule has 2 fully saturated rings. The minimum Gasteiger partial charge on any atom is -0.481 e. The molecule has 130 valence electrons. The quantitative estimate of drug-likeness (QED) is 0.853. The lowest BCUT2D eigenvalue weighted by atomic mass is 9.74. The average molecular weight is 343 g/mol. The fourth-order valence-corrected chi connectivity index (χ4v) is 4.42. The molecule has 1 aromatic carbocycles. The van der Waals surface area contributed by atoms with Gasteiger partial charge in [0.15, 0.2) is 0 Å². The number of carbonyl (C=O) groups excluding carboxylic acids is 1. The third-order valence-electron chi connectivity index (χ3n) is 5.35. The van der Waals surface area contributed by atoms with Gasteiger partial charge in [-0.2, -0.15) is 0 Å². The molecule has 3 heterocycles. The zero-order chi connectivity index (χ0) is 17.9. The van der Waals surface area contributed by atoms with Gasteiger partial charge in [-0.25, -0.2) is 4.39 Å². The molecule has 5 atom stereocenters. The van der Waals surface area contributed by atoms with E-state index >= 15 is 0 Å². The SMILES string of the molecule is C=C(C)C[C@H]1N(c2ccc(F)cc2)C(=O)[C@H]2[C@@H](C(=O)O)[C@@H]3C=C[C@]21O3. The Hall–Kier alpha value is -2.47. The highest BCUT2D eigenvalue weighted by Gasteiger charge is 2.71. The molecule has 0 unspecified atom stereocenters. The minimum atomic E-state index is -1.04. The highest BCUT2D eigenvalue weighted by molar-refractivity contribution is 6.03. The van der Waals surface area contributed by atoms with Gasteiger partial charge in [0, 0.05) is 5.69 Å². The van der Waals surface area contributed by atoms with Crippen molar-refractivity contribution in [3.63, 3.8) is 0 Å². The molecule has 4 rings (SSSR count). The summed E-state index contributed by atoms with van der Waals surface area (Å²) >= 11 is 0. The van der Waals surface area contributed by atoms with E-state index in [2.05, 4.69) is 6.58 Å². The molecule has 1 amide bonds. The van der Waals surface area contributed by atoms with Gasteiger partial charge in [-0.1, -0.05) is 17.7 Å². The fourth-order valence-electron chi connectivity index (χ4n) is 4.42. The van der Waals surface area contributed by atoms with Gasteiger partial charge in [-0.15, -0.1) is 6.58 Å². The van der Waals surface area contributed by atoms with E-state index in [1.165, 1.54) is 24.3 Å². The zero-order valence-electron chi connectivity index (χ0n) is 13.7. The Bertz CT molecular complexity index is 802. The average Bonchev–Trinajstić information content (AvgIpc) is 3.18. The number of anilines is 1. The molecule has 2 bridgehead atoms. The lowest BCUT2D eigenvalue weighted by Crippen LogP contribution is -2.45. The molecular formula is C19H18FNO4. The summed E-state index contributed by atoms with van der Waals surface area (Å²) in [6.45, 7) is 5.80. The van der Waals surface area contributed by atoms with Crippen molar-refractivity contribution in [1.82, 2.24) is 0 Å². The van der Waals surface area contributed by atoms with Gasteiger partial charge in [0.05, 0.1) is 18.1 Å². The van der Waals surface area contributed by atoms with Crippen LogP contribution in [0.3, 0.4) is 0 Å². The number of ether oxygens (including phenoxy) is 1. The number of fused-ring (bicyclic) bond motifs is 1. The number of carboxylic acids is 1. The maximum Gasteiger partial charge on any atom is 0.310 e. The van der Waals surface area contributed by atoms with Gasteiger partial charge in [-0.3, -0.25) is 9.59 Å². The molecular weight excluding hydrogens is 325 g/mol. The molecule has 0 radical (unpaired) electrons. The molecule has 0 saturated carbocycles. The van der Waals surface area contributed by atoms with Gasteiger partial charge >= 0.3 is 5.97 Å². The molecule has 0 aliphatic carbocycles. The van der Waals surface area contributed by atoms with Gasteiger partial charge in [0.1, 0.15) is 17.3 Å². The Morgan fingerprint density at radius 1 is 1.40 bits per heavy atom. The predicted octanol–water partition coefficient (Wildman–Crippen LogP) is 2.53. The first-order valence-corrected chi connectivity index (χ1v) is 8.18. The van der Waals surface area contributed by atoms with Crippen molar-refractivity contribution in [3.8, 4) is 0 Å². The first-order valence-electron chi connectivity index (χ1n) is 8.18. The normalized spacial score (nSPS) is 35.3. The lowest BCUT2D eigenvalue weighted by Gasteiger charge is -2.33. The van der Waals surface area contributed by atoms with E-state index in [0.29, 0.717) is 12.1 Å². The van der Waals surface area contributed by atoms with Crippen LogP contribution in [0.15, 0.2) is 48.6 Å². The van der Waals surface area contributed by atoms with E-state index in [0.717, 1.165) is 5.57 Å². The predicted molar refractivity (Wildman–Crippen MR) is 88.5 cm³/mol. The summed E-state index contributed by atoms with van der Waals surface area (Å²) in [6.07, 6.45) is 3.46. The second kappa shape index (κ2) is 5.26. The maximum atomic E-state index is 13.3. The molecule has 2 saturated heterocycles. The Kier molecular flexibility index (Phi) is 3.37. The van der Waals surface area contributed by atoms with Crippen LogP contribution in [0.2, 0.25) is 0 Å². The van der Waals surface area contributed by atoms with Crippen molar-refractivity contribution < 1.29 is 23.8 Å². The zero-order valence-corrected chi connectivity index (χ0v) is 13.7. The highest BCUT2D eigenvalue weighted by atomic mass is 19.1. The smallest absolute Gasteiger partial charge is 0.310 e. The third kappa shape index (κ3) is 2.10. The summed E-state index contributed by atoms with van der Waals surface area (Å²) in [5, 5.41) is 9.61. The maximum absolute atomic E-state index is 13.3. The van der Waals surface area contributed by atoms with Crippen LogP contribution in [0, 0.1) is 17.7 Å². The van der Waals surface area contributed by atoms with Crippen LogP contribution in [-0.4, -0.2) is 34.7 Å². The number of rotatable bonds is 4. The van der Waals surface area contributed by atoms with Crippen molar-refractivity contribution in [2.24, 2.45) is 11.8 Å². The molecule has 5 nitrogen and oxygen atoms in total.